The first-order valence-electron chi connectivity index (χ1n) is 11.0. The molecule has 4 rings (SSSR count). The largest absolute Gasteiger partial charge is 0.267 e. The van der Waals surface area contributed by atoms with Gasteiger partial charge < -0.3 is 0 Å². The quantitative estimate of drug-likeness (QED) is 0.300. The molecule has 1 N–H and O–H groups in total. The Morgan fingerprint density at radius 1 is 0.969 bits per heavy atom. The molecule has 0 amide bonds. The average molecular weight is 446 g/mol. The van der Waals surface area contributed by atoms with Gasteiger partial charge in [-0.3, -0.25) is 14.7 Å². The summed E-state index contributed by atoms with van der Waals surface area (Å²) >= 11 is 4.17. The second-order valence-corrected chi connectivity index (χ2v) is 8.58. The number of hydrogen-bond donors (Lipinski definition) is 2. The molecule has 1 unspecified atom stereocenters. The molecule has 0 aliphatic rings. The highest BCUT2D eigenvalue weighted by Gasteiger charge is 2.15. The van der Waals surface area contributed by atoms with Crippen molar-refractivity contribution in [2.45, 2.75) is 39.0 Å². The number of nitrogens with zero attached hydrogens (tertiary/aromatic N) is 2. The van der Waals surface area contributed by atoms with E-state index in [-0.39, 0.29) is 5.82 Å². The van der Waals surface area contributed by atoms with Crippen molar-refractivity contribution in [1.29, 1.82) is 0 Å². The molecule has 2 aromatic heterocycles. The van der Waals surface area contributed by atoms with E-state index in [0.717, 1.165) is 42.5 Å². The minimum atomic E-state index is -0.272. The molecule has 164 valence electrons. The van der Waals surface area contributed by atoms with E-state index in [2.05, 4.69) is 66.7 Å². The molecule has 0 saturated heterocycles. The zero-order chi connectivity index (χ0) is 22.5. The fraction of sp³-hybridized carbons (Fsp3) is 0.259. The number of hydrogen-bond acceptors (Lipinski definition) is 4. The van der Waals surface area contributed by atoms with Crippen molar-refractivity contribution in [3.63, 3.8) is 0 Å². The van der Waals surface area contributed by atoms with Crippen molar-refractivity contribution < 1.29 is 4.39 Å². The average Bonchev–Trinajstić information content (AvgIpc) is 2.82. The second-order valence-electron chi connectivity index (χ2n) is 8.26. The molecule has 2 heterocycles. The van der Waals surface area contributed by atoms with Gasteiger partial charge in [0.15, 0.2) is 0 Å². The predicted molar refractivity (Wildman–Crippen MR) is 134 cm³/mol. The molecule has 0 bridgehead atoms. The summed E-state index contributed by atoms with van der Waals surface area (Å²) in [5.41, 5.74) is 7.49. The monoisotopic (exact) mass is 445 g/mol. The smallest absolute Gasteiger partial charge is 0.149 e. The molecule has 0 aliphatic heterocycles. The van der Waals surface area contributed by atoms with Gasteiger partial charge in [0.25, 0.3) is 0 Å². The Morgan fingerprint density at radius 2 is 1.84 bits per heavy atom. The molecular formula is C27H28FN3S. The molecule has 0 fully saturated rings. The summed E-state index contributed by atoms with van der Waals surface area (Å²) in [6.45, 7) is 5.07. The number of aryl methyl sites for hydroxylation is 2. The maximum atomic E-state index is 14.1. The Morgan fingerprint density at radius 3 is 2.62 bits per heavy atom. The van der Waals surface area contributed by atoms with E-state index < -0.39 is 0 Å². The number of benzene rings is 2. The van der Waals surface area contributed by atoms with Gasteiger partial charge in [0.1, 0.15) is 11.3 Å². The molecule has 3 nitrogen and oxygen atoms in total. The van der Waals surface area contributed by atoms with Crippen molar-refractivity contribution in [3.05, 3.63) is 95.1 Å². The van der Waals surface area contributed by atoms with Crippen LogP contribution in [0.3, 0.4) is 0 Å². The molecule has 0 radical (unpaired) electrons. The van der Waals surface area contributed by atoms with E-state index in [1.54, 1.807) is 6.20 Å². The number of fused-ring (bicyclic) bond motifs is 1. The molecule has 2 aromatic carbocycles. The van der Waals surface area contributed by atoms with Crippen LogP contribution >= 0.6 is 12.8 Å². The Balaban J connectivity index is 1.56. The molecule has 4 aromatic rings. The zero-order valence-electron chi connectivity index (χ0n) is 18.5. The van der Waals surface area contributed by atoms with E-state index >= 15 is 0 Å². The molecular weight excluding hydrogens is 417 g/mol. The molecule has 0 aliphatic carbocycles. The lowest BCUT2D eigenvalue weighted by molar-refractivity contribution is 0.575. The topological polar surface area (TPSA) is 37.8 Å². The third-order valence-corrected chi connectivity index (χ3v) is 6.54. The van der Waals surface area contributed by atoms with Gasteiger partial charge in [-0.1, -0.05) is 49.2 Å². The first kappa shape index (κ1) is 22.4. The van der Waals surface area contributed by atoms with Gasteiger partial charge in [-0.25, -0.2) is 4.39 Å². The van der Waals surface area contributed by atoms with E-state index in [9.17, 15) is 4.39 Å². The van der Waals surface area contributed by atoms with Gasteiger partial charge in [0, 0.05) is 29.9 Å². The van der Waals surface area contributed by atoms with Crippen molar-refractivity contribution in [3.8, 4) is 11.3 Å². The Hall–Kier alpha value is -2.76. The number of nitrogens with one attached hydrogen (secondary N) is 1. The lowest BCUT2D eigenvalue weighted by atomic mass is 9.89. The van der Waals surface area contributed by atoms with Crippen LogP contribution in [0.4, 0.5) is 4.39 Å². The molecule has 5 heteroatoms. The van der Waals surface area contributed by atoms with Crippen molar-refractivity contribution in [2.75, 3.05) is 6.54 Å². The normalized spacial score (nSPS) is 12.2. The third kappa shape index (κ3) is 4.84. The van der Waals surface area contributed by atoms with Crippen LogP contribution in [0.5, 0.6) is 0 Å². The fourth-order valence-corrected chi connectivity index (χ4v) is 4.43. The number of aromatic nitrogens is 2. The Bertz CT molecular complexity index is 1210. The van der Waals surface area contributed by atoms with E-state index in [0.29, 0.717) is 11.4 Å². The number of rotatable bonds is 8. The van der Waals surface area contributed by atoms with Gasteiger partial charge in [-0.2, -0.15) is 0 Å². The first-order valence-corrected chi connectivity index (χ1v) is 11.4. The van der Waals surface area contributed by atoms with Gasteiger partial charge in [0.2, 0.25) is 0 Å². The molecule has 1 atom stereocenters. The van der Waals surface area contributed by atoms with Crippen molar-refractivity contribution in [1.82, 2.24) is 14.7 Å². The first-order chi connectivity index (χ1) is 15.6. The second kappa shape index (κ2) is 10.2. The maximum Gasteiger partial charge on any atom is 0.149 e. The molecule has 0 saturated carbocycles. The summed E-state index contributed by atoms with van der Waals surface area (Å²) in [5, 5.41) is 0.891. The molecule has 32 heavy (non-hydrogen) atoms. The van der Waals surface area contributed by atoms with Crippen molar-refractivity contribution >= 4 is 23.7 Å². The number of thiol groups is 1. The predicted octanol–water partition coefficient (Wildman–Crippen LogP) is 6.59. The van der Waals surface area contributed by atoms with Crippen LogP contribution in [0.1, 0.15) is 41.0 Å². The highest BCUT2D eigenvalue weighted by atomic mass is 32.1. The van der Waals surface area contributed by atoms with Gasteiger partial charge >= 0.3 is 0 Å². The Kier molecular flexibility index (Phi) is 7.18. The van der Waals surface area contributed by atoms with Crippen LogP contribution in [0.15, 0.2) is 67.0 Å². The van der Waals surface area contributed by atoms with E-state index in [4.69, 9.17) is 4.98 Å². The summed E-state index contributed by atoms with van der Waals surface area (Å²) in [5.74, 6) is 0.0537. The van der Waals surface area contributed by atoms with E-state index in [1.165, 1.54) is 28.3 Å². The van der Waals surface area contributed by atoms with Crippen LogP contribution in [0.2, 0.25) is 0 Å². The van der Waals surface area contributed by atoms with Crippen LogP contribution in [-0.4, -0.2) is 16.5 Å². The Labute approximate surface area is 194 Å². The van der Waals surface area contributed by atoms with Crippen molar-refractivity contribution in [2.24, 2.45) is 0 Å². The van der Waals surface area contributed by atoms with Crippen LogP contribution < -0.4 is 4.72 Å². The highest BCUT2D eigenvalue weighted by molar-refractivity contribution is 7.78. The summed E-state index contributed by atoms with van der Waals surface area (Å²) in [6, 6.07) is 17.9. The third-order valence-electron chi connectivity index (χ3n) is 6.32. The van der Waals surface area contributed by atoms with Gasteiger partial charge in [-0.05, 0) is 79.5 Å². The van der Waals surface area contributed by atoms with Gasteiger partial charge in [-0.15, -0.1) is 0 Å². The van der Waals surface area contributed by atoms with Gasteiger partial charge in [0.05, 0.1) is 5.69 Å². The number of halogens is 1. The van der Waals surface area contributed by atoms with Crippen LogP contribution in [0.25, 0.3) is 22.2 Å². The lowest BCUT2D eigenvalue weighted by Gasteiger charge is -2.18. The standard InChI is InChI=1S/C27H28FN3S/c1-18-5-3-6-23(19(18)2)26-13-11-22(17-30-26)20(14-16-31-32)8-9-21-10-12-25(28)27-24(21)7-4-15-29-27/h3-7,10-13,15,17,20,31-32H,8-9,14,16H2,1-2H3. The summed E-state index contributed by atoms with van der Waals surface area (Å²) in [4.78, 5) is 9.02. The SMILES string of the molecule is Cc1cccc(-c2ccc(C(CCNS)CCc3ccc(F)c4ncccc34)cn2)c1C. The molecule has 0 spiro atoms. The van der Waals surface area contributed by atoms with Crippen LogP contribution in [0, 0.1) is 19.7 Å². The van der Waals surface area contributed by atoms with Crippen LogP contribution in [-0.2, 0) is 6.42 Å². The maximum absolute atomic E-state index is 14.1. The summed E-state index contributed by atoms with van der Waals surface area (Å²) < 4.78 is 17.1. The fourth-order valence-electron chi connectivity index (χ4n) is 4.30. The summed E-state index contributed by atoms with van der Waals surface area (Å²) in [7, 11) is 0. The van der Waals surface area contributed by atoms with E-state index in [1.807, 2.05) is 24.4 Å². The lowest BCUT2D eigenvalue weighted by Crippen LogP contribution is -2.10. The minimum absolute atomic E-state index is 0.272. The summed E-state index contributed by atoms with van der Waals surface area (Å²) in [6.07, 6.45) is 6.38. The zero-order valence-corrected chi connectivity index (χ0v) is 19.4. The minimum Gasteiger partial charge on any atom is -0.267 e. The highest BCUT2D eigenvalue weighted by Crippen LogP contribution is 2.30. The number of pyridine rings is 2.